The SMILES string of the molecule is c1ccc2c(c1)nc(-c1ccc(-n3c4ccccc4c4c5oc6ccccc6c5ccc43)cc1)n2C1CCCC1. The summed E-state index contributed by atoms with van der Waals surface area (Å²) >= 11 is 0. The molecule has 4 nitrogen and oxygen atoms in total. The lowest BCUT2D eigenvalue weighted by Gasteiger charge is -2.17. The smallest absolute Gasteiger partial charge is 0.145 e. The van der Waals surface area contributed by atoms with E-state index in [-0.39, 0.29) is 0 Å². The van der Waals surface area contributed by atoms with Crippen LogP contribution in [0.15, 0.2) is 114 Å². The lowest BCUT2D eigenvalue weighted by Crippen LogP contribution is -2.06. The standard InChI is InChI=1S/C36H27N3O/c1-2-10-24(9-1)39-31-15-7-5-13-29(31)37-36(39)23-17-19-25(20-18-23)38-30-14-6-3-12-28(30)34-32(38)22-21-27-26-11-4-8-16-33(26)40-35(27)34/h3-8,11-22,24H,1-2,9-10H2. The highest BCUT2D eigenvalue weighted by Gasteiger charge is 2.24. The van der Waals surface area contributed by atoms with Crippen LogP contribution in [0.5, 0.6) is 0 Å². The van der Waals surface area contributed by atoms with Gasteiger partial charge in [-0.1, -0.05) is 61.4 Å². The van der Waals surface area contributed by atoms with E-state index in [1.165, 1.54) is 42.1 Å². The average Bonchev–Trinajstić information content (AvgIpc) is 3.79. The Hall–Kier alpha value is -4.83. The lowest BCUT2D eigenvalue weighted by atomic mass is 10.1. The van der Waals surface area contributed by atoms with Gasteiger partial charge in [-0.25, -0.2) is 4.98 Å². The third-order valence-electron chi connectivity index (χ3n) is 8.85. The van der Waals surface area contributed by atoms with Crippen molar-refractivity contribution in [3.63, 3.8) is 0 Å². The maximum Gasteiger partial charge on any atom is 0.145 e. The van der Waals surface area contributed by atoms with E-state index in [2.05, 4.69) is 112 Å². The number of hydrogen-bond acceptors (Lipinski definition) is 2. The molecule has 3 aromatic heterocycles. The van der Waals surface area contributed by atoms with Crippen molar-refractivity contribution >= 4 is 54.8 Å². The van der Waals surface area contributed by atoms with Crippen LogP contribution in [0.1, 0.15) is 31.7 Å². The molecular weight excluding hydrogens is 490 g/mol. The Balaban J connectivity index is 1.25. The molecule has 0 unspecified atom stereocenters. The van der Waals surface area contributed by atoms with Gasteiger partial charge in [-0.15, -0.1) is 0 Å². The van der Waals surface area contributed by atoms with E-state index in [0.29, 0.717) is 6.04 Å². The summed E-state index contributed by atoms with van der Waals surface area (Å²) in [6.07, 6.45) is 5.04. The molecule has 192 valence electrons. The minimum atomic E-state index is 0.519. The van der Waals surface area contributed by atoms with Gasteiger partial charge in [0.15, 0.2) is 0 Å². The van der Waals surface area contributed by atoms with Crippen molar-refractivity contribution in [3.05, 3.63) is 109 Å². The molecule has 0 amide bonds. The quantitative estimate of drug-likeness (QED) is 0.234. The minimum absolute atomic E-state index is 0.519. The second-order valence-electron chi connectivity index (χ2n) is 11.1. The van der Waals surface area contributed by atoms with Crippen LogP contribution in [-0.4, -0.2) is 14.1 Å². The Kier molecular flexibility index (Phi) is 4.59. The Labute approximate surface area is 231 Å². The van der Waals surface area contributed by atoms with Gasteiger partial charge in [-0.05, 0) is 73.5 Å². The highest BCUT2D eigenvalue weighted by atomic mass is 16.3. The first-order chi connectivity index (χ1) is 19.8. The van der Waals surface area contributed by atoms with Crippen molar-refractivity contribution in [2.24, 2.45) is 0 Å². The number of furan rings is 1. The molecule has 3 heterocycles. The molecule has 0 N–H and O–H groups in total. The first-order valence-corrected chi connectivity index (χ1v) is 14.3. The summed E-state index contributed by atoms with van der Waals surface area (Å²) in [5, 5.41) is 4.68. The van der Waals surface area contributed by atoms with Gasteiger partial charge in [-0.2, -0.15) is 0 Å². The Morgan fingerprint density at radius 1 is 0.625 bits per heavy atom. The molecule has 9 rings (SSSR count). The monoisotopic (exact) mass is 517 g/mol. The first-order valence-electron chi connectivity index (χ1n) is 14.3. The normalized spacial score (nSPS) is 14.5. The number of benzene rings is 5. The maximum absolute atomic E-state index is 6.47. The highest BCUT2D eigenvalue weighted by Crippen LogP contribution is 2.41. The molecule has 4 heteroatoms. The van der Waals surface area contributed by atoms with Gasteiger partial charge >= 0.3 is 0 Å². The van der Waals surface area contributed by atoms with E-state index in [1.807, 2.05) is 6.07 Å². The molecule has 1 fully saturated rings. The van der Waals surface area contributed by atoms with E-state index in [1.54, 1.807) is 0 Å². The number of para-hydroxylation sites is 4. The van der Waals surface area contributed by atoms with Gasteiger partial charge in [0.2, 0.25) is 0 Å². The average molecular weight is 518 g/mol. The molecule has 1 saturated carbocycles. The van der Waals surface area contributed by atoms with Crippen LogP contribution in [0, 0.1) is 0 Å². The van der Waals surface area contributed by atoms with Crippen molar-refractivity contribution < 1.29 is 4.42 Å². The minimum Gasteiger partial charge on any atom is -0.455 e. The zero-order valence-corrected chi connectivity index (χ0v) is 22.0. The molecule has 0 radical (unpaired) electrons. The zero-order valence-electron chi connectivity index (χ0n) is 22.0. The number of rotatable bonds is 3. The fraction of sp³-hybridized carbons (Fsp3) is 0.139. The molecule has 5 aromatic carbocycles. The predicted octanol–water partition coefficient (Wildman–Crippen LogP) is 9.81. The van der Waals surface area contributed by atoms with Crippen LogP contribution in [0.25, 0.3) is 71.9 Å². The third-order valence-corrected chi connectivity index (χ3v) is 8.85. The maximum atomic E-state index is 6.47. The number of nitrogens with zero attached hydrogens (tertiary/aromatic N) is 3. The molecule has 0 aliphatic heterocycles. The van der Waals surface area contributed by atoms with Crippen LogP contribution >= 0.6 is 0 Å². The van der Waals surface area contributed by atoms with Crippen LogP contribution < -0.4 is 0 Å². The molecule has 0 spiro atoms. The second-order valence-corrected chi connectivity index (χ2v) is 11.1. The van der Waals surface area contributed by atoms with Crippen LogP contribution in [-0.2, 0) is 0 Å². The first kappa shape index (κ1) is 22.0. The Morgan fingerprint density at radius 3 is 2.20 bits per heavy atom. The molecule has 1 aliphatic carbocycles. The van der Waals surface area contributed by atoms with Gasteiger partial charge in [0.1, 0.15) is 17.0 Å². The Morgan fingerprint density at radius 2 is 1.35 bits per heavy atom. The second kappa shape index (κ2) is 8.33. The molecular formula is C36H27N3O. The van der Waals surface area contributed by atoms with E-state index in [4.69, 9.17) is 9.40 Å². The van der Waals surface area contributed by atoms with Gasteiger partial charge in [-0.3, -0.25) is 0 Å². The number of fused-ring (bicyclic) bond motifs is 8. The zero-order chi connectivity index (χ0) is 26.2. The van der Waals surface area contributed by atoms with E-state index in [0.717, 1.165) is 55.4 Å². The fourth-order valence-electron chi connectivity index (χ4n) is 7.05. The van der Waals surface area contributed by atoms with E-state index >= 15 is 0 Å². The van der Waals surface area contributed by atoms with Gasteiger partial charge in [0.25, 0.3) is 0 Å². The van der Waals surface area contributed by atoms with Crippen molar-refractivity contribution in [2.75, 3.05) is 0 Å². The van der Waals surface area contributed by atoms with Crippen LogP contribution in [0.2, 0.25) is 0 Å². The molecule has 1 aliphatic rings. The molecule has 40 heavy (non-hydrogen) atoms. The van der Waals surface area contributed by atoms with E-state index < -0.39 is 0 Å². The summed E-state index contributed by atoms with van der Waals surface area (Å²) in [6, 6.07) is 39.4. The molecule has 0 bridgehead atoms. The number of hydrogen-bond donors (Lipinski definition) is 0. The van der Waals surface area contributed by atoms with Crippen molar-refractivity contribution in [3.8, 4) is 17.1 Å². The van der Waals surface area contributed by atoms with Crippen LogP contribution in [0.3, 0.4) is 0 Å². The molecule has 0 saturated heterocycles. The number of imidazole rings is 1. The van der Waals surface area contributed by atoms with E-state index in [9.17, 15) is 0 Å². The van der Waals surface area contributed by atoms with Crippen molar-refractivity contribution in [2.45, 2.75) is 31.7 Å². The summed E-state index contributed by atoms with van der Waals surface area (Å²) in [5.41, 5.74) is 8.82. The Bertz CT molecular complexity index is 2220. The fourth-order valence-corrected chi connectivity index (χ4v) is 7.05. The summed E-state index contributed by atoms with van der Waals surface area (Å²) < 4.78 is 11.3. The summed E-state index contributed by atoms with van der Waals surface area (Å²) in [4.78, 5) is 5.12. The van der Waals surface area contributed by atoms with Crippen molar-refractivity contribution in [1.82, 2.24) is 14.1 Å². The summed E-state index contributed by atoms with van der Waals surface area (Å²) in [5.74, 6) is 1.07. The number of aromatic nitrogens is 3. The summed E-state index contributed by atoms with van der Waals surface area (Å²) in [7, 11) is 0. The highest BCUT2D eigenvalue weighted by molar-refractivity contribution is 6.23. The topological polar surface area (TPSA) is 35.9 Å². The van der Waals surface area contributed by atoms with Gasteiger partial charge in [0, 0.05) is 33.5 Å². The molecule has 8 aromatic rings. The molecule has 0 atom stereocenters. The van der Waals surface area contributed by atoms with Gasteiger partial charge in [0.05, 0.1) is 27.5 Å². The predicted molar refractivity (Wildman–Crippen MR) is 164 cm³/mol. The van der Waals surface area contributed by atoms with Crippen LogP contribution in [0.4, 0.5) is 0 Å². The third kappa shape index (κ3) is 3.05. The largest absolute Gasteiger partial charge is 0.455 e. The summed E-state index contributed by atoms with van der Waals surface area (Å²) in [6.45, 7) is 0. The van der Waals surface area contributed by atoms with Gasteiger partial charge < -0.3 is 13.6 Å². The van der Waals surface area contributed by atoms with Crippen molar-refractivity contribution in [1.29, 1.82) is 0 Å². The lowest BCUT2D eigenvalue weighted by molar-refractivity contribution is 0.537.